The van der Waals surface area contributed by atoms with Gasteiger partial charge in [-0.25, -0.2) is 12.8 Å². The molecule has 0 unspecified atom stereocenters. The molecular weight excluding hydrogens is 367 g/mol. The van der Waals surface area contributed by atoms with Crippen LogP contribution in [0.3, 0.4) is 0 Å². The lowest BCUT2D eigenvalue weighted by Crippen LogP contribution is -2.31. The lowest BCUT2D eigenvalue weighted by Gasteiger charge is -2.20. The van der Waals surface area contributed by atoms with Gasteiger partial charge in [-0.05, 0) is 55.7 Å². The van der Waals surface area contributed by atoms with Crippen molar-refractivity contribution < 1.29 is 17.6 Å². The predicted molar refractivity (Wildman–Crippen MR) is 103 cm³/mol. The molecule has 2 aromatic carbocycles. The SMILES string of the molecule is Cc1ccc(S(=O)(=O)Nc2cccc(C(=O)N3CCCCCC3)c2)cc1F. The number of amides is 1. The van der Waals surface area contributed by atoms with E-state index in [1.807, 2.05) is 4.90 Å². The lowest BCUT2D eigenvalue weighted by molar-refractivity contribution is 0.0761. The van der Waals surface area contributed by atoms with Crippen LogP contribution >= 0.6 is 0 Å². The first-order valence-electron chi connectivity index (χ1n) is 9.05. The Morgan fingerprint density at radius 3 is 2.41 bits per heavy atom. The van der Waals surface area contributed by atoms with E-state index >= 15 is 0 Å². The van der Waals surface area contributed by atoms with Gasteiger partial charge in [-0.2, -0.15) is 0 Å². The zero-order valence-electron chi connectivity index (χ0n) is 15.2. The van der Waals surface area contributed by atoms with E-state index in [2.05, 4.69) is 4.72 Å². The Morgan fingerprint density at radius 1 is 1.04 bits per heavy atom. The summed E-state index contributed by atoms with van der Waals surface area (Å²) >= 11 is 0. The summed E-state index contributed by atoms with van der Waals surface area (Å²) in [5, 5.41) is 0. The van der Waals surface area contributed by atoms with Crippen LogP contribution in [-0.4, -0.2) is 32.3 Å². The molecule has 0 spiro atoms. The number of carbonyl (C=O) groups is 1. The summed E-state index contributed by atoms with van der Waals surface area (Å²) in [5.74, 6) is -0.678. The molecule has 1 heterocycles. The first-order valence-corrected chi connectivity index (χ1v) is 10.5. The highest BCUT2D eigenvalue weighted by atomic mass is 32.2. The monoisotopic (exact) mass is 390 g/mol. The molecule has 0 bridgehead atoms. The molecule has 1 saturated heterocycles. The second-order valence-corrected chi connectivity index (χ2v) is 8.49. The fourth-order valence-electron chi connectivity index (χ4n) is 3.13. The average molecular weight is 390 g/mol. The van der Waals surface area contributed by atoms with Gasteiger partial charge < -0.3 is 4.90 Å². The van der Waals surface area contributed by atoms with Crippen molar-refractivity contribution in [3.63, 3.8) is 0 Å². The number of anilines is 1. The molecule has 1 amide bonds. The molecule has 0 aliphatic carbocycles. The molecule has 0 aromatic heterocycles. The normalized spacial score (nSPS) is 15.3. The van der Waals surface area contributed by atoms with Crippen molar-refractivity contribution in [3.05, 3.63) is 59.4 Å². The van der Waals surface area contributed by atoms with Crippen molar-refractivity contribution in [1.29, 1.82) is 0 Å². The van der Waals surface area contributed by atoms with Crippen molar-refractivity contribution in [2.24, 2.45) is 0 Å². The standard InChI is InChI=1S/C20H23FN2O3S/c1-15-9-10-18(14-19(15)21)27(25,26)22-17-8-6-7-16(13-17)20(24)23-11-4-2-3-5-12-23/h6-10,13-14,22H,2-5,11-12H2,1H3. The summed E-state index contributed by atoms with van der Waals surface area (Å²) in [4.78, 5) is 14.4. The fourth-order valence-corrected chi connectivity index (χ4v) is 4.19. The third-order valence-corrected chi connectivity index (χ3v) is 6.09. The van der Waals surface area contributed by atoms with Crippen LogP contribution in [0.15, 0.2) is 47.4 Å². The number of likely N-dealkylation sites (tertiary alicyclic amines) is 1. The van der Waals surface area contributed by atoms with Crippen molar-refractivity contribution in [2.45, 2.75) is 37.5 Å². The largest absolute Gasteiger partial charge is 0.339 e. The van der Waals surface area contributed by atoms with E-state index in [-0.39, 0.29) is 16.5 Å². The number of halogens is 1. The first-order chi connectivity index (χ1) is 12.9. The molecule has 5 nitrogen and oxygen atoms in total. The minimum atomic E-state index is -3.94. The van der Waals surface area contributed by atoms with Gasteiger partial charge in [0, 0.05) is 24.3 Å². The van der Waals surface area contributed by atoms with E-state index in [1.54, 1.807) is 25.1 Å². The number of carbonyl (C=O) groups excluding carboxylic acids is 1. The van der Waals surface area contributed by atoms with Crippen LogP contribution in [0, 0.1) is 12.7 Å². The van der Waals surface area contributed by atoms with Crippen LogP contribution in [-0.2, 0) is 10.0 Å². The Hall–Kier alpha value is -2.41. The van der Waals surface area contributed by atoms with E-state index in [4.69, 9.17) is 0 Å². The van der Waals surface area contributed by atoms with Crippen LogP contribution in [0.25, 0.3) is 0 Å². The predicted octanol–water partition coefficient (Wildman–Crippen LogP) is 3.95. The zero-order chi connectivity index (χ0) is 19.4. The van der Waals surface area contributed by atoms with Gasteiger partial charge >= 0.3 is 0 Å². The fraction of sp³-hybridized carbons (Fsp3) is 0.350. The molecule has 7 heteroatoms. The van der Waals surface area contributed by atoms with Gasteiger partial charge in [-0.3, -0.25) is 9.52 Å². The second kappa shape index (κ2) is 8.08. The van der Waals surface area contributed by atoms with Crippen LogP contribution in [0.1, 0.15) is 41.6 Å². The van der Waals surface area contributed by atoms with E-state index in [9.17, 15) is 17.6 Å². The number of benzene rings is 2. The lowest BCUT2D eigenvalue weighted by atomic mass is 10.1. The number of nitrogens with one attached hydrogen (secondary N) is 1. The Morgan fingerprint density at radius 2 is 1.74 bits per heavy atom. The van der Waals surface area contributed by atoms with Crippen molar-refractivity contribution >= 4 is 21.6 Å². The molecule has 0 radical (unpaired) electrons. The minimum Gasteiger partial charge on any atom is -0.339 e. The van der Waals surface area contributed by atoms with Crippen LogP contribution < -0.4 is 4.72 Å². The number of hydrogen-bond acceptors (Lipinski definition) is 3. The van der Waals surface area contributed by atoms with Crippen LogP contribution in [0.4, 0.5) is 10.1 Å². The highest BCUT2D eigenvalue weighted by Crippen LogP contribution is 2.21. The maximum Gasteiger partial charge on any atom is 0.261 e. The first kappa shape index (κ1) is 19.4. The van der Waals surface area contributed by atoms with Gasteiger partial charge in [-0.15, -0.1) is 0 Å². The Labute approximate surface area is 159 Å². The van der Waals surface area contributed by atoms with E-state index in [1.165, 1.54) is 18.2 Å². The molecule has 2 aromatic rings. The molecule has 144 valence electrons. The molecule has 1 aliphatic heterocycles. The summed E-state index contributed by atoms with van der Waals surface area (Å²) in [7, 11) is -3.94. The van der Waals surface area contributed by atoms with Crippen LogP contribution in [0.5, 0.6) is 0 Å². The number of aryl methyl sites for hydroxylation is 1. The molecule has 1 fully saturated rings. The number of nitrogens with zero attached hydrogens (tertiary/aromatic N) is 1. The third kappa shape index (κ3) is 4.66. The van der Waals surface area contributed by atoms with Crippen molar-refractivity contribution in [2.75, 3.05) is 17.8 Å². The van der Waals surface area contributed by atoms with Gasteiger partial charge in [0.05, 0.1) is 4.90 Å². The number of sulfonamides is 1. The topological polar surface area (TPSA) is 66.5 Å². The highest BCUT2D eigenvalue weighted by Gasteiger charge is 2.19. The maximum absolute atomic E-state index is 13.7. The molecule has 1 aliphatic rings. The van der Waals surface area contributed by atoms with Crippen molar-refractivity contribution in [1.82, 2.24) is 4.90 Å². The summed E-state index contributed by atoms with van der Waals surface area (Å²) in [6.45, 7) is 3.01. The quantitative estimate of drug-likeness (QED) is 0.860. The van der Waals surface area contributed by atoms with Gasteiger partial charge in [0.25, 0.3) is 15.9 Å². The Bertz CT molecular complexity index is 936. The highest BCUT2D eigenvalue weighted by molar-refractivity contribution is 7.92. The third-order valence-electron chi connectivity index (χ3n) is 4.71. The van der Waals surface area contributed by atoms with Gasteiger partial charge in [0.1, 0.15) is 5.82 Å². The van der Waals surface area contributed by atoms with E-state index in [0.717, 1.165) is 44.8 Å². The van der Waals surface area contributed by atoms with Crippen molar-refractivity contribution in [3.8, 4) is 0 Å². The molecule has 0 saturated carbocycles. The number of hydrogen-bond donors (Lipinski definition) is 1. The summed E-state index contributed by atoms with van der Waals surface area (Å²) in [5.41, 5.74) is 1.09. The van der Waals surface area contributed by atoms with Gasteiger partial charge in [-0.1, -0.05) is 25.0 Å². The van der Waals surface area contributed by atoms with E-state index < -0.39 is 15.8 Å². The summed E-state index contributed by atoms with van der Waals surface area (Å²) < 4.78 is 41.2. The Balaban J connectivity index is 1.80. The zero-order valence-corrected chi connectivity index (χ0v) is 16.1. The number of rotatable bonds is 4. The molecule has 3 rings (SSSR count). The minimum absolute atomic E-state index is 0.0978. The molecule has 27 heavy (non-hydrogen) atoms. The molecule has 1 N–H and O–H groups in total. The maximum atomic E-state index is 13.7. The molecule has 0 atom stereocenters. The second-order valence-electron chi connectivity index (χ2n) is 6.80. The smallest absolute Gasteiger partial charge is 0.261 e. The van der Waals surface area contributed by atoms with Crippen LogP contribution in [0.2, 0.25) is 0 Å². The Kier molecular flexibility index (Phi) is 5.79. The van der Waals surface area contributed by atoms with Gasteiger partial charge in [0.15, 0.2) is 0 Å². The average Bonchev–Trinajstić information content (AvgIpc) is 2.92. The van der Waals surface area contributed by atoms with E-state index in [0.29, 0.717) is 11.1 Å². The molecular formula is C20H23FN2O3S. The van der Waals surface area contributed by atoms with Gasteiger partial charge in [0.2, 0.25) is 0 Å². The summed E-state index contributed by atoms with van der Waals surface area (Å²) in [6, 6.07) is 10.2. The summed E-state index contributed by atoms with van der Waals surface area (Å²) in [6.07, 6.45) is 4.21.